The lowest BCUT2D eigenvalue weighted by molar-refractivity contribution is -0.118. The Balaban J connectivity index is 0.000000255. The summed E-state index contributed by atoms with van der Waals surface area (Å²) >= 11 is 5.85. The predicted octanol–water partition coefficient (Wildman–Crippen LogP) is 4.47. The Morgan fingerprint density at radius 3 is 2.59 bits per heavy atom. The van der Waals surface area contributed by atoms with Crippen LogP contribution in [-0.4, -0.2) is 29.7 Å². The van der Waals surface area contributed by atoms with E-state index in [-0.39, 0.29) is 11.9 Å². The monoisotopic (exact) mass is 453 g/mol. The first-order chi connectivity index (χ1) is 15.3. The number of carbonyl (C=O) groups is 1. The fraction of sp³-hybridized carbons (Fsp3) is 0.280. The minimum atomic E-state index is -0.135. The number of anilines is 1. The molecule has 7 heteroatoms. The Hall–Kier alpha value is -3.09. The molecule has 0 saturated heterocycles. The summed E-state index contributed by atoms with van der Waals surface area (Å²) in [6.07, 6.45) is 1.13. The highest BCUT2D eigenvalue weighted by molar-refractivity contribution is 6.31. The van der Waals surface area contributed by atoms with Gasteiger partial charge in [-0.25, -0.2) is 0 Å². The number of hydrogen-bond acceptors (Lipinski definition) is 5. The van der Waals surface area contributed by atoms with Gasteiger partial charge in [0.15, 0.2) is 0 Å². The zero-order chi connectivity index (χ0) is 23.8. The van der Waals surface area contributed by atoms with Gasteiger partial charge in [0.1, 0.15) is 5.84 Å². The molecule has 2 heterocycles. The second-order valence-electron chi connectivity index (χ2n) is 7.42. The number of halogens is 1. The molecule has 0 fully saturated rings. The van der Waals surface area contributed by atoms with Crippen molar-refractivity contribution in [3.63, 3.8) is 0 Å². The zero-order valence-corrected chi connectivity index (χ0v) is 19.6. The van der Waals surface area contributed by atoms with Crippen LogP contribution in [0.4, 0.5) is 5.69 Å². The number of rotatable bonds is 3. The van der Waals surface area contributed by atoms with E-state index in [1.54, 1.807) is 0 Å². The molecule has 0 radical (unpaired) electrons. The summed E-state index contributed by atoms with van der Waals surface area (Å²) in [6.45, 7) is 13.4. The van der Waals surface area contributed by atoms with Crippen LogP contribution in [0, 0.1) is 6.92 Å². The first-order valence-electron chi connectivity index (χ1n) is 10.4. The average Bonchev–Trinajstić information content (AvgIpc) is 3.14. The molecule has 1 atom stereocenters. The van der Waals surface area contributed by atoms with Crippen molar-refractivity contribution < 1.29 is 4.79 Å². The summed E-state index contributed by atoms with van der Waals surface area (Å²) in [4.78, 5) is 17.3. The van der Waals surface area contributed by atoms with E-state index in [1.165, 1.54) is 5.56 Å². The van der Waals surface area contributed by atoms with Gasteiger partial charge in [-0.3, -0.25) is 4.79 Å². The smallest absolute Gasteiger partial charge is 0.247 e. The van der Waals surface area contributed by atoms with Crippen molar-refractivity contribution in [3.05, 3.63) is 83.4 Å². The van der Waals surface area contributed by atoms with Gasteiger partial charge in [0.2, 0.25) is 5.91 Å². The minimum Gasteiger partial charge on any atom is -0.388 e. The van der Waals surface area contributed by atoms with E-state index in [9.17, 15) is 4.79 Å². The first kappa shape index (κ1) is 25.2. The Morgan fingerprint density at radius 2 is 2.00 bits per heavy atom. The van der Waals surface area contributed by atoms with E-state index in [4.69, 9.17) is 23.1 Å². The number of fused-ring (bicyclic) bond motifs is 1. The van der Waals surface area contributed by atoms with Crippen LogP contribution >= 0.6 is 11.6 Å². The Bertz CT molecular complexity index is 1020. The SMILES string of the molecule is C=C.C=C1c2cccc(CN)c2CN1C1CCC(=O)N=C1N.CNc1ccc(C)c(Cl)c1. The predicted molar refractivity (Wildman–Crippen MR) is 136 cm³/mol. The minimum absolute atomic E-state index is 0.0433. The second-order valence-corrected chi connectivity index (χ2v) is 7.83. The quantitative estimate of drug-likeness (QED) is 0.595. The van der Waals surface area contributed by atoms with E-state index in [0.29, 0.717) is 25.2 Å². The van der Waals surface area contributed by atoms with Crippen LogP contribution < -0.4 is 16.8 Å². The molecule has 1 unspecified atom stereocenters. The molecule has 32 heavy (non-hydrogen) atoms. The van der Waals surface area contributed by atoms with Crippen LogP contribution in [0.2, 0.25) is 5.02 Å². The summed E-state index contributed by atoms with van der Waals surface area (Å²) in [5.41, 5.74) is 18.3. The third-order valence-corrected chi connectivity index (χ3v) is 5.95. The van der Waals surface area contributed by atoms with Crippen LogP contribution in [0.25, 0.3) is 5.70 Å². The van der Waals surface area contributed by atoms with Gasteiger partial charge in [0, 0.05) is 48.5 Å². The molecule has 0 spiro atoms. The molecule has 0 saturated carbocycles. The summed E-state index contributed by atoms with van der Waals surface area (Å²) in [6, 6.07) is 12.0. The lowest BCUT2D eigenvalue weighted by Crippen LogP contribution is -2.44. The lowest BCUT2D eigenvalue weighted by Gasteiger charge is -2.31. The van der Waals surface area contributed by atoms with Gasteiger partial charge < -0.3 is 21.7 Å². The maximum Gasteiger partial charge on any atom is 0.247 e. The Kier molecular flexibility index (Phi) is 9.05. The molecule has 0 bridgehead atoms. The highest BCUT2D eigenvalue weighted by Gasteiger charge is 2.33. The largest absolute Gasteiger partial charge is 0.388 e. The number of nitrogens with zero attached hydrogens (tertiary/aromatic N) is 2. The number of aryl methyl sites for hydroxylation is 1. The molecule has 0 aliphatic carbocycles. The van der Waals surface area contributed by atoms with Crippen LogP contribution in [0.1, 0.15) is 35.1 Å². The second kappa shape index (κ2) is 11.5. The Labute approximate surface area is 195 Å². The normalized spacial score (nSPS) is 16.8. The van der Waals surface area contributed by atoms with Crippen LogP contribution in [0.5, 0.6) is 0 Å². The van der Waals surface area contributed by atoms with Crippen LogP contribution in [-0.2, 0) is 17.9 Å². The summed E-state index contributed by atoms with van der Waals surface area (Å²) < 4.78 is 0. The van der Waals surface area contributed by atoms with Crippen molar-refractivity contribution in [2.24, 2.45) is 16.5 Å². The summed E-state index contributed by atoms with van der Waals surface area (Å²) in [5.74, 6) is 0.258. The zero-order valence-electron chi connectivity index (χ0n) is 18.8. The molecular weight excluding hydrogens is 422 g/mol. The number of nitrogens with two attached hydrogens (primary N) is 2. The summed E-state index contributed by atoms with van der Waals surface area (Å²) in [7, 11) is 1.88. The molecule has 0 aromatic heterocycles. The molecule has 1 amide bonds. The number of amidine groups is 1. The van der Waals surface area contributed by atoms with Gasteiger partial charge in [-0.15, -0.1) is 13.2 Å². The highest BCUT2D eigenvalue weighted by atomic mass is 35.5. The molecule has 2 aliphatic rings. The third kappa shape index (κ3) is 5.58. The molecular formula is C25H32ClN5O. The van der Waals surface area contributed by atoms with E-state index >= 15 is 0 Å². The average molecular weight is 454 g/mol. The topological polar surface area (TPSA) is 96.7 Å². The highest BCUT2D eigenvalue weighted by Crippen LogP contribution is 2.36. The van der Waals surface area contributed by atoms with Crippen molar-refractivity contribution in [3.8, 4) is 0 Å². The number of hydrogen-bond donors (Lipinski definition) is 3. The molecule has 2 aliphatic heterocycles. The van der Waals surface area contributed by atoms with Crippen molar-refractivity contribution >= 4 is 34.7 Å². The number of aliphatic imine (C=N–C) groups is 1. The summed E-state index contributed by atoms with van der Waals surface area (Å²) in [5, 5.41) is 3.82. The molecule has 4 rings (SSSR count). The van der Waals surface area contributed by atoms with Gasteiger partial charge in [-0.2, -0.15) is 4.99 Å². The number of amides is 1. The van der Waals surface area contributed by atoms with Crippen molar-refractivity contribution in [2.45, 2.75) is 38.9 Å². The fourth-order valence-corrected chi connectivity index (χ4v) is 3.93. The number of nitrogens with one attached hydrogen (secondary N) is 1. The number of carbonyl (C=O) groups excluding carboxylic acids is 1. The van der Waals surface area contributed by atoms with Crippen molar-refractivity contribution in [1.29, 1.82) is 0 Å². The van der Waals surface area contributed by atoms with E-state index in [1.807, 2.05) is 44.3 Å². The van der Waals surface area contributed by atoms with E-state index < -0.39 is 0 Å². The van der Waals surface area contributed by atoms with Gasteiger partial charge >= 0.3 is 0 Å². The maximum atomic E-state index is 11.3. The van der Waals surface area contributed by atoms with Gasteiger partial charge in [-0.1, -0.05) is 42.4 Å². The molecule has 6 nitrogen and oxygen atoms in total. The molecule has 2 aromatic carbocycles. The Morgan fingerprint density at radius 1 is 1.28 bits per heavy atom. The van der Waals surface area contributed by atoms with Gasteiger partial charge in [0.05, 0.1) is 6.04 Å². The standard InChI is InChI=1S/C15H18N4O.C8H10ClN.C2H4/c1-9-11-4-2-3-10(7-16)12(11)8-19(9)13-5-6-14(20)18-15(13)17;1-6-3-4-7(10-2)5-8(6)9;1-2/h2-4,13H,1,5-8,16H2,(H2,17,18,20);3-5,10H,1-2H3;1-2H2. The maximum absolute atomic E-state index is 11.3. The lowest BCUT2D eigenvalue weighted by atomic mass is 10.0. The third-order valence-electron chi connectivity index (χ3n) is 5.54. The van der Waals surface area contributed by atoms with Gasteiger partial charge in [-0.05, 0) is 42.2 Å². The van der Waals surface area contributed by atoms with Crippen molar-refractivity contribution in [2.75, 3.05) is 12.4 Å². The molecule has 170 valence electrons. The molecule has 5 N–H and O–H groups in total. The number of benzene rings is 2. The van der Waals surface area contributed by atoms with Gasteiger partial charge in [0.25, 0.3) is 0 Å². The molecule has 2 aromatic rings. The fourth-order valence-electron chi connectivity index (χ4n) is 3.75. The van der Waals surface area contributed by atoms with Crippen molar-refractivity contribution in [1.82, 2.24) is 4.90 Å². The van der Waals surface area contributed by atoms with Crippen LogP contribution in [0.3, 0.4) is 0 Å². The van der Waals surface area contributed by atoms with Crippen LogP contribution in [0.15, 0.2) is 61.1 Å². The first-order valence-corrected chi connectivity index (χ1v) is 10.8. The van der Waals surface area contributed by atoms with E-state index in [2.05, 4.69) is 41.0 Å². The van der Waals surface area contributed by atoms with E-state index in [0.717, 1.165) is 39.6 Å².